The van der Waals surface area contributed by atoms with Crippen LogP contribution in [0.25, 0.3) is 10.8 Å². The van der Waals surface area contributed by atoms with Crippen molar-refractivity contribution in [3.05, 3.63) is 84.8 Å². The Kier molecular flexibility index (Phi) is 10.6. The molecule has 12 nitrogen and oxygen atoms in total. The molecule has 2 N–H and O–H groups in total. The number of benzene rings is 3. The van der Waals surface area contributed by atoms with Crippen molar-refractivity contribution >= 4 is 44.5 Å². The first-order chi connectivity index (χ1) is 22.6. The van der Waals surface area contributed by atoms with E-state index in [2.05, 4.69) is 17.2 Å². The monoisotopic (exact) mass is 662 g/mol. The zero-order chi connectivity index (χ0) is 33.6. The predicted molar refractivity (Wildman–Crippen MR) is 175 cm³/mol. The van der Waals surface area contributed by atoms with Gasteiger partial charge >= 0.3 is 5.97 Å². The highest BCUT2D eigenvalue weighted by molar-refractivity contribution is 7.86. The van der Waals surface area contributed by atoms with Crippen LogP contribution in [0.4, 0.5) is 5.82 Å². The predicted octanol–water partition coefficient (Wildman–Crippen LogP) is 5.27. The van der Waals surface area contributed by atoms with Gasteiger partial charge in [0.1, 0.15) is 28.8 Å². The van der Waals surface area contributed by atoms with Crippen molar-refractivity contribution in [1.29, 1.82) is 0 Å². The molecular weight excluding hydrogens is 624 g/mol. The zero-order valence-corrected chi connectivity index (χ0v) is 27.1. The Bertz CT molecular complexity index is 1850. The van der Waals surface area contributed by atoms with Gasteiger partial charge in [-0.15, -0.1) is 0 Å². The number of likely N-dealkylation sites (tertiary alicyclic amines) is 1. The number of hydrogen-bond donors (Lipinski definition) is 2. The molecular formula is C34H38N4O8S. The highest BCUT2D eigenvalue weighted by atomic mass is 32.2. The number of rotatable bonds is 13. The third-order valence-corrected chi connectivity index (χ3v) is 9.20. The van der Waals surface area contributed by atoms with Crippen LogP contribution in [0, 0.1) is 0 Å². The molecule has 1 aliphatic rings. The molecule has 0 radical (unpaired) electrons. The summed E-state index contributed by atoms with van der Waals surface area (Å²) in [5, 5.41) is 4.49. The van der Waals surface area contributed by atoms with Gasteiger partial charge in [-0.2, -0.15) is 8.42 Å². The van der Waals surface area contributed by atoms with Crippen molar-refractivity contribution in [2.24, 2.45) is 0 Å². The molecule has 2 amide bonds. The lowest BCUT2D eigenvalue weighted by Gasteiger charge is -2.28. The molecule has 4 aromatic rings. The van der Waals surface area contributed by atoms with Crippen LogP contribution in [0.15, 0.2) is 84.1 Å². The summed E-state index contributed by atoms with van der Waals surface area (Å²) >= 11 is 0. The minimum absolute atomic E-state index is 0.0783. The number of hydrogen-bond acceptors (Lipinski definition) is 8. The minimum Gasteiger partial charge on any atom is -0.488 e. The molecule has 1 aliphatic heterocycles. The van der Waals surface area contributed by atoms with E-state index in [0.717, 1.165) is 42.5 Å². The lowest BCUT2D eigenvalue weighted by molar-refractivity contribution is -0.152. The van der Waals surface area contributed by atoms with Crippen molar-refractivity contribution in [2.75, 3.05) is 19.0 Å². The summed E-state index contributed by atoms with van der Waals surface area (Å²) in [6.07, 6.45) is 6.79. The number of methoxy groups -OCH3 is 1. The molecule has 3 atom stereocenters. The van der Waals surface area contributed by atoms with Gasteiger partial charge in [0.05, 0.1) is 25.5 Å². The fourth-order valence-corrected chi connectivity index (χ4v) is 6.64. The third kappa shape index (κ3) is 7.80. The Morgan fingerprint density at radius 2 is 1.77 bits per heavy atom. The van der Waals surface area contributed by atoms with E-state index in [0.29, 0.717) is 12.2 Å². The summed E-state index contributed by atoms with van der Waals surface area (Å²) in [7, 11) is -3.36. The number of anilines is 1. The fourth-order valence-electron chi connectivity index (χ4n) is 5.95. The topological polar surface area (TPSA) is 157 Å². The van der Waals surface area contributed by atoms with Crippen LogP contribution in [0.2, 0.25) is 0 Å². The lowest BCUT2D eigenvalue weighted by Crippen LogP contribution is -2.44. The summed E-state index contributed by atoms with van der Waals surface area (Å²) in [4.78, 5) is 45.5. The third-order valence-electron chi connectivity index (χ3n) is 8.29. The summed E-state index contributed by atoms with van der Waals surface area (Å²) in [5.74, 6) is -0.911. The summed E-state index contributed by atoms with van der Waals surface area (Å²) < 4.78 is 46.2. The van der Waals surface area contributed by atoms with Crippen LogP contribution in [0.1, 0.15) is 61.8 Å². The molecule has 1 fully saturated rings. The fraction of sp³-hybridized carbons (Fsp3) is 0.353. The maximum Gasteiger partial charge on any atom is 0.328 e. The van der Waals surface area contributed by atoms with Gasteiger partial charge in [-0.25, -0.2) is 9.78 Å². The number of carbonyl (C=O) groups is 3. The first kappa shape index (κ1) is 33.6. The Hall–Kier alpha value is -4.75. The van der Waals surface area contributed by atoms with Gasteiger partial charge < -0.3 is 24.3 Å². The zero-order valence-electron chi connectivity index (χ0n) is 26.2. The van der Waals surface area contributed by atoms with Crippen molar-refractivity contribution in [2.45, 2.75) is 68.5 Å². The Balaban J connectivity index is 1.38. The Labute approximate surface area is 273 Å². The summed E-state index contributed by atoms with van der Waals surface area (Å²) in [5.41, 5.74) is -0.257. The highest BCUT2D eigenvalue weighted by Crippen LogP contribution is 2.32. The minimum atomic E-state index is -4.65. The quantitative estimate of drug-likeness (QED) is 0.111. The SMILES string of the molecule is CCCCCC[C@H](C(=O)N1C[C@@H](Oc2cccc3ccccc23)C[C@H]1C(=O)OC)n1cnc(NC(=O)c2ccccc2S(=O)(=O)O)c1. The molecule has 3 aromatic carbocycles. The summed E-state index contributed by atoms with van der Waals surface area (Å²) in [6.45, 7) is 2.26. The van der Waals surface area contributed by atoms with Gasteiger partial charge in [-0.05, 0) is 30.0 Å². The number of nitrogens with zero attached hydrogens (tertiary/aromatic N) is 3. The van der Waals surface area contributed by atoms with E-state index in [1.807, 2.05) is 42.5 Å². The molecule has 0 spiro atoms. The van der Waals surface area contributed by atoms with Gasteiger partial charge in [0.2, 0.25) is 5.91 Å². The van der Waals surface area contributed by atoms with E-state index in [4.69, 9.17) is 9.47 Å². The number of ether oxygens (including phenoxy) is 2. The number of imidazole rings is 1. The molecule has 0 saturated carbocycles. The van der Waals surface area contributed by atoms with Gasteiger partial charge in [0.15, 0.2) is 5.82 Å². The first-order valence-electron chi connectivity index (χ1n) is 15.5. The molecule has 248 valence electrons. The van der Waals surface area contributed by atoms with Gasteiger partial charge in [0.25, 0.3) is 16.0 Å². The molecule has 47 heavy (non-hydrogen) atoms. The molecule has 0 aliphatic carbocycles. The first-order valence-corrected chi connectivity index (χ1v) is 17.0. The van der Waals surface area contributed by atoms with E-state index in [9.17, 15) is 27.4 Å². The van der Waals surface area contributed by atoms with Gasteiger partial charge in [0, 0.05) is 18.0 Å². The molecule has 13 heteroatoms. The van der Waals surface area contributed by atoms with Crippen molar-refractivity contribution in [1.82, 2.24) is 14.5 Å². The molecule has 0 unspecified atom stereocenters. The molecule has 1 aromatic heterocycles. The van der Waals surface area contributed by atoms with Gasteiger partial charge in [-0.1, -0.05) is 81.1 Å². The number of aromatic nitrogens is 2. The van der Waals surface area contributed by atoms with Gasteiger partial charge in [-0.3, -0.25) is 14.1 Å². The van der Waals surface area contributed by atoms with Crippen LogP contribution in [-0.4, -0.2) is 71.0 Å². The molecule has 5 rings (SSSR count). The van der Waals surface area contributed by atoms with E-state index < -0.39 is 45.1 Å². The second kappa shape index (κ2) is 14.8. The van der Waals surface area contributed by atoms with Crippen LogP contribution < -0.4 is 10.1 Å². The van der Waals surface area contributed by atoms with Crippen molar-refractivity contribution in [3.63, 3.8) is 0 Å². The highest BCUT2D eigenvalue weighted by Gasteiger charge is 2.44. The molecule has 2 heterocycles. The van der Waals surface area contributed by atoms with Crippen LogP contribution in [-0.2, 0) is 24.4 Å². The van der Waals surface area contributed by atoms with E-state index >= 15 is 0 Å². The average Bonchev–Trinajstić information content (AvgIpc) is 3.71. The summed E-state index contributed by atoms with van der Waals surface area (Å²) in [6, 6.07) is 17.2. The molecule has 0 bridgehead atoms. The van der Waals surface area contributed by atoms with Crippen LogP contribution in [0.3, 0.4) is 0 Å². The Morgan fingerprint density at radius 3 is 2.53 bits per heavy atom. The molecule has 1 saturated heterocycles. The van der Waals surface area contributed by atoms with Crippen molar-refractivity contribution < 1.29 is 36.8 Å². The number of amides is 2. The van der Waals surface area contributed by atoms with Crippen LogP contribution >= 0.6 is 0 Å². The second-order valence-corrected chi connectivity index (χ2v) is 12.9. The maximum atomic E-state index is 14.3. The van der Waals surface area contributed by atoms with E-state index in [-0.39, 0.29) is 30.3 Å². The van der Waals surface area contributed by atoms with Crippen molar-refractivity contribution in [3.8, 4) is 5.75 Å². The lowest BCUT2D eigenvalue weighted by atomic mass is 10.1. The Morgan fingerprint density at radius 1 is 1.02 bits per heavy atom. The second-order valence-electron chi connectivity index (χ2n) is 11.5. The smallest absolute Gasteiger partial charge is 0.328 e. The average molecular weight is 663 g/mol. The normalized spacial score (nSPS) is 17.0. The number of nitrogens with one attached hydrogen (secondary N) is 1. The standard InChI is InChI=1S/C34H38N4O8S/c1-3-4-5-6-16-27(37-21-31(35-22-37)36-32(39)26-15-9-10-18-30(26)47(42,43)44)33(40)38-20-24(19-28(38)34(41)45-2)46-29-17-11-13-23-12-7-8-14-25(23)29/h7-15,17-18,21-22,24,27-28H,3-6,16,19-20H2,1-2H3,(H,36,39)(H,42,43,44)/t24-,27+,28-/m0/s1. The number of fused-ring (bicyclic) bond motifs is 1. The number of carbonyl (C=O) groups excluding carboxylic acids is 3. The largest absolute Gasteiger partial charge is 0.488 e. The number of esters is 1. The van der Waals surface area contributed by atoms with E-state index in [1.165, 1.54) is 42.7 Å². The van der Waals surface area contributed by atoms with E-state index in [1.54, 1.807) is 4.57 Å². The number of unbranched alkanes of at least 4 members (excludes halogenated alkanes) is 3. The van der Waals surface area contributed by atoms with Crippen LogP contribution in [0.5, 0.6) is 5.75 Å². The maximum absolute atomic E-state index is 14.3.